The van der Waals surface area contributed by atoms with Gasteiger partial charge in [-0.1, -0.05) is 0 Å². The van der Waals surface area contributed by atoms with Crippen LogP contribution in [0, 0.1) is 0 Å². The van der Waals surface area contributed by atoms with Gasteiger partial charge in [0.2, 0.25) is 0 Å². The van der Waals surface area contributed by atoms with Crippen LogP contribution in [-0.2, 0) is 5.88 Å². The van der Waals surface area contributed by atoms with Gasteiger partial charge in [0.1, 0.15) is 0 Å². The van der Waals surface area contributed by atoms with E-state index in [2.05, 4.69) is 9.97 Å². The molecule has 4 heteroatoms. The zero-order valence-corrected chi connectivity index (χ0v) is 7.51. The van der Waals surface area contributed by atoms with E-state index in [-0.39, 0.29) is 0 Å². The molecule has 0 bridgehead atoms. The van der Waals surface area contributed by atoms with Crippen molar-refractivity contribution in [2.45, 2.75) is 5.88 Å². The highest BCUT2D eigenvalue weighted by Gasteiger charge is 2.03. The molecule has 0 aliphatic carbocycles. The molecule has 13 heavy (non-hydrogen) atoms. The third-order valence-electron chi connectivity index (χ3n) is 1.88. The zero-order chi connectivity index (χ0) is 9.26. The standard InChI is InChI=1S/C9H7ClN2O/c10-2-6-1-8-9(12-3-6)7(5-13)4-11-8/h1,3-5,11H,2H2. The maximum atomic E-state index is 10.5. The Labute approximate surface area is 79.7 Å². The minimum absolute atomic E-state index is 0.429. The molecule has 0 aromatic carbocycles. The Kier molecular flexibility index (Phi) is 2.02. The minimum Gasteiger partial charge on any atom is -0.359 e. The molecule has 2 heterocycles. The average Bonchev–Trinajstić information content (AvgIpc) is 2.59. The van der Waals surface area contributed by atoms with Crippen LogP contribution in [0.3, 0.4) is 0 Å². The van der Waals surface area contributed by atoms with Crippen LogP contribution in [0.15, 0.2) is 18.5 Å². The first kappa shape index (κ1) is 8.26. The van der Waals surface area contributed by atoms with Gasteiger partial charge in [0.05, 0.1) is 16.6 Å². The molecule has 0 aliphatic rings. The molecule has 2 aromatic rings. The number of alkyl halides is 1. The summed E-state index contributed by atoms with van der Waals surface area (Å²) in [6.45, 7) is 0. The summed E-state index contributed by atoms with van der Waals surface area (Å²) in [6.07, 6.45) is 4.10. The van der Waals surface area contributed by atoms with Gasteiger partial charge in [0, 0.05) is 18.3 Å². The number of aldehydes is 1. The number of aromatic amines is 1. The number of hydrogen-bond donors (Lipinski definition) is 1. The lowest BCUT2D eigenvalue weighted by atomic mass is 10.2. The fraction of sp³-hybridized carbons (Fsp3) is 0.111. The average molecular weight is 195 g/mol. The number of H-pyrrole nitrogens is 1. The highest BCUT2D eigenvalue weighted by molar-refractivity contribution is 6.17. The van der Waals surface area contributed by atoms with E-state index in [9.17, 15) is 4.79 Å². The number of aromatic nitrogens is 2. The van der Waals surface area contributed by atoms with Crippen LogP contribution in [0.5, 0.6) is 0 Å². The minimum atomic E-state index is 0.429. The van der Waals surface area contributed by atoms with Crippen LogP contribution in [0.2, 0.25) is 0 Å². The van der Waals surface area contributed by atoms with Crippen LogP contribution in [0.1, 0.15) is 15.9 Å². The summed E-state index contributed by atoms with van der Waals surface area (Å²) in [6, 6.07) is 1.89. The number of pyridine rings is 1. The van der Waals surface area contributed by atoms with Crippen LogP contribution in [0.4, 0.5) is 0 Å². The first-order chi connectivity index (χ1) is 6.35. The van der Waals surface area contributed by atoms with Crippen LogP contribution >= 0.6 is 11.6 Å². The molecule has 0 unspecified atom stereocenters. The third-order valence-corrected chi connectivity index (χ3v) is 2.19. The number of fused-ring (bicyclic) bond motifs is 1. The highest BCUT2D eigenvalue weighted by Crippen LogP contribution is 2.15. The molecule has 0 amide bonds. The van der Waals surface area contributed by atoms with Crippen LogP contribution in [0.25, 0.3) is 11.0 Å². The molecule has 0 atom stereocenters. The Morgan fingerprint density at radius 2 is 2.46 bits per heavy atom. The quantitative estimate of drug-likeness (QED) is 0.588. The van der Waals surface area contributed by atoms with Gasteiger partial charge in [-0.2, -0.15) is 0 Å². The van der Waals surface area contributed by atoms with Gasteiger partial charge in [-0.15, -0.1) is 11.6 Å². The first-order valence-electron chi connectivity index (χ1n) is 3.82. The predicted molar refractivity (Wildman–Crippen MR) is 51.0 cm³/mol. The van der Waals surface area contributed by atoms with Crippen molar-refractivity contribution in [3.63, 3.8) is 0 Å². The predicted octanol–water partition coefficient (Wildman–Crippen LogP) is 2.11. The molecular formula is C9H7ClN2O. The molecule has 0 radical (unpaired) electrons. The number of nitrogens with one attached hydrogen (secondary N) is 1. The van der Waals surface area contributed by atoms with Crippen LogP contribution < -0.4 is 0 Å². The van der Waals surface area contributed by atoms with Crippen molar-refractivity contribution in [1.29, 1.82) is 0 Å². The van der Waals surface area contributed by atoms with Crippen molar-refractivity contribution in [3.8, 4) is 0 Å². The molecular weight excluding hydrogens is 188 g/mol. The molecule has 66 valence electrons. The van der Waals surface area contributed by atoms with Crippen molar-refractivity contribution >= 4 is 28.9 Å². The van der Waals surface area contributed by atoms with Gasteiger partial charge in [0.25, 0.3) is 0 Å². The van der Waals surface area contributed by atoms with E-state index in [0.717, 1.165) is 17.4 Å². The smallest absolute Gasteiger partial charge is 0.153 e. The van der Waals surface area contributed by atoms with Gasteiger partial charge >= 0.3 is 0 Å². The van der Waals surface area contributed by atoms with Gasteiger partial charge in [-0.25, -0.2) is 0 Å². The fourth-order valence-corrected chi connectivity index (χ4v) is 1.38. The van der Waals surface area contributed by atoms with Gasteiger partial charge in [-0.3, -0.25) is 9.78 Å². The number of carbonyl (C=O) groups is 1. The van der Waals surface area contributed by atoms with Gasteiger partial charge < -0.3 is 4.98 Å². The van der Waals surface area contributed by atoms with E-state index in [4.69, 9.17) is 11.6 Å². The van der Waals surface area contributed by atoms with E-state index in [1.54, 1.807) is 12.4 Å². The maximum absolute atomic E-state index is 10.5. The second-order valence-corrected chi connectivity index (χ2v) is 3.00. The van der Waals surface area contributed by atoms with E-state index in [0.29, 0.717) is 17.0 Å². The number of carbonyl (C=O) groups excluding carboxylic acids is 1. The molecule has 0 aliphatic heterocycles. The fourth-order valence-electron chi connectivity index (χ4n) is 1.23. The lowest BCUT2D eigenvalue weighted by Gasteiger charge is -1.94. The summed E-state index contributed by atoms with van der Waals surface area (Å²) >= 11 is 5.64. The monoisotopic (exact) mass is 194 g/mol. The Morgan fingerprint density at radius 3 is 3.15 bits per heavy atom. The van der Waals surface area contributed by atoms with E-state index < -0.39 is 0 Å². The van der Waals surface area contributed by atoms with Crippen molar-refractivity contribution in [2.75, 3.05) is 0 Å². The van der Waals surface area contributed by atoms with Crippen molar-refractivity contribution in [3.05, 3.63) is 29.6 Å². The molecule has 0 fully saturated rings. The van der Waals surface area contributed by atoms with Crippen molar-refractivity contribution in [1.82, 2.24) is 9.97 Å². The summed E-state index contributed by atoms with van der Waals surface area (Å²) in [5, 5.41) is 0. The summed E-state index contributed by atoms with van der Waals surface area (Å²) in [7, 11) is 0. The SMILES string of the molecule is O=Cc1c[nH]c2cc(CCl)cnc12. The Hall–Kier alpha value is -1.35. The third kappa shape index (κ3) is 1.31. The van der Waals surface area contributed by atoms with Crippen molar-refractivity contribution in [2.24, 2.45) is 0 Å². The topological polar surface area (TPSA) is 45.8 Å². The molecule has 3 nitrogen and oxygen atoms in total. The summed E-state index contributed by atoms with van der Waals surface area (Å²) < 4.78 is 0. The Morgan fingerprint density at radius 1 is 1.62 bits per heavy atom. The lowest BCUT2D eigenvalue weighted by Crippen LogP contribution is -1.83. The lowest BCUT2D eigenvalue weighted by molar-refractivity contribution is 0.112. The second kappa shape index (κ2) is 3.18. The molecule has 1 N–H and O–H groups in total. The van der Waals surface area contributed by atoms with E-state index in [1.807, 2.05) is 6.07 Å². The second-order valence-electron chi connectivity index (χ2n) is 2.74. The Bertz CT molecular complexity index is 450. The summed E-state index contributed by atoms with van der Waals surface area (Å²) in [4.78, 5) is 17.6. The number of hydrogen-bond acceptors (Lipinski definition) is 2. The largest absolute Gasteiger partial charge is 0.359 e. The molecule has 2 rings (SSSR count). The van der Waals surface area contributed by atoms with E-state index >= 15 is 0 Å². The highest BCUT2D eigenvalue weighted by atomic mass is 35.5. The number of halogens is 1. The molecule has 0 saturated heterocycles. The normalized spacial score (nSPS) is 10.5. The molecule has 0 spiro atoms. The Balaban J connectivity index is 2.67. The number of rotatable bonds is 2. The summed E-state index contributed by atoms with van der Waals surface area (Å²) in [5.41, 5.74) is 3.06. The first-order valence-corrected chi connectivity index (χ1v) is 4.35. The van der Waals surface area contributed by atoms with Crippen molar-refractivity contribution < 1.29 is 4.79 Å². The van der Waals surface area contributed by atoms with Gasteiger partial charge in [-0.05, 0) is 11.6 Å². The zero-order valence-electron chi connectivity index (χ0n) is 6.75. The summed E-state index contributed by atoms with van der Waals surface area (Å²) in [5.74, 6) is 0.429. The van der Waals surface area contributed by atoms with E-state index in [1.165, 1.54) is 0 Å². The maximum Gasteiger partial charge on any atom is 0.153 e. The molecule has 2 aromatic heterocycles. The molecule has 0 saturated carbocycles. The number of nitrogens with zero attached hydrogens (tertiary/aromatic N) is 1. The van der Waals surface area contributed by atoms with Gasteiger partial charge in [0.15, 0.2) is 6.29 Å². The van der Waals surface area contributed by atoms with Crippen LogP contribution in [-0.4, -0.2) is 16.3 Å².